The SMILES string of the molecule is O=C(NCc1ccco1)c1csc(NS(=O)(=O)c2cccs2)n1. The lowest BCUT2D eigenvalue weighted by molar-refractivity contribution is 0.0944. The number of nitrogens with zero attached hydrogens (tertiary/aromatic N) is 1. The molecule has 3 rings (SSSR count). The Kier molecular flexibility index (Phi) is 4.46. The maximum absolute atomic E-state index is 12.1. The predicted octanol–water partition coefficient (Wildman–Crippen LogP) is 2.53. The Balaban J connectivity index is 1.65. The van der Waals surface area contributed by atoms with Gasteiger partial charge in [-0.3, -0.25) is 9.52 Å². The monoisotopic (exact) mass is 369 g/mol. The Morgan fingerprint density at radius 1 is 1.26 bits per heavy atom. The number of thiophene rings is 1. The fourth-order valence-corrected chi connectivity index (χ4v) is 4.61. The van der Waals surface area contributed by atoms with Crippen molar-refractivity contribution in [1.29, 1.82) is 0 Å². The lowest BCUT2D eigenvalue weighted by Crippen LogP contribution is -2.23. The number of anilines is 1. The Morgan fingerprint density at radius 3 is 2.83 bits per heavy atom. The molecule has 3 aromatic rings. The van der Waals surface area contributed by atoms with Crippen LogP contribution in [0.5, 0.6) is 0 Å². The molecule has 0 atom stereocenters. The zero-order valence-electron chi connectivity index (χ0n) is 11.6. The summed E-state index contributed by atoms with van der Waals surface area (Å²) in [5.41, 5.74) is 0.144. The number of sulfonamides is 1. The predicted molar refractivity (Wildman–Crippen MR) is 87.1 cm³/mol. The van der Waals surface area contributed by atoms with Crippen LogP contribution in [0, 0.1) is 0 Å². The van der Waals surface area contributed by atoms with E-state index in [1.54, 1.807) is 23.6 Å². The Morgan fingerprint density at radius 2 is 2.13 bits per heavy atom. The first kappa shape index (κ1) is 15.7. The van der Waals surface area contributed by atoms with Gasteiger partial charge in [0, 0.05) is 5.38 Å². The molecule has 0 saturated carbocycles. The number of rotatable bonds is 6. The van der Waals surface area contributed by atoms with Crippen molar-refractivity contribution in [2.75, 3.05) is 4.72 Å². The van der Waals surface area contributed by atoms with Gasteiger partial charge in [-0.25, -0.2) is 13.4 Å². The quantitative estimate of drug-likeness (QED) is 0.695. The topological polar surface area (TPSA) is 101 Å². The largest absolute Gasteiger partial charge is 0.467 e. The van der Waals surface area contributed by atoms with Crippen LogP contribution in [-0.2, 0) is 16.6 Å². The van der Waals surface area contributed by atoms with Crippen molar-refractivity contribution < 1.29 is 17.6 Å². The molecule has 120 valence electrons. The third-order valence-corrected chi connectivity index (χ3v) is 6.35. The minimum Gasteiger partial charge on any atom is -0.467 e. The van der Waals surface area contributed by atoms with Gasteiger partial charge in [-0.05, 0) is 23.6 Å². The summed E-state index contributed by atoms with van der Waals surface area (Å²) in [7, 11) is -3.66. The van der Waals surface area contributed by atoms with Crippen LogP contribution in [0.3, 0.4) is 0 Å². The minimum atomic E-state index is -3.66. The maximum Gasteiger partial charge on any atom is 0.273 e. The van der Waals surface area contributed by atoms with Crippen molar-refractivity contribution in [2.24, 2.45) is 0 Å². The summed E-state index contributed by atoms with van der Waals surface area (Å²) >= 11 is 2.15. The van der Waals surface area contributed by atoms with Crippen LogP contribution in [0.15, 0.2) is 49.9 Å². The van der Waals surface area contributed by atoms with Crippen LogP contribution in [0.4, 0.5) is 5.13 Å². The Bertz CT molecular complexity index is 883. The van der Waals surface area contributed by atoms with Crippen molar-refractivity contribution in [2.45, 2.75) is 10.8 Å². The molecule has 10 heteroatoms. The lowest BCUT2D eigenvalue weighted by Gasteiger charge is -2.02. The van der Waals surface area contributed by atoms with Gasteiger partial charge >= 0.3 is 0 Å². The summed E-state index contributed by atoms with van der Waals surface area (Å²) in [6.07, 6.45) is 1.52. The van der Waals surface area contributed by atoms with E-state index < -0.39 is 15.9 Å². The molecular formula is C13H11N3O4S3. The van der Waals surface area contributed by atoms with Gasteiger partial charge in [-0.1, -0.05) is 6.07 Å². The molecule has 0 bridgehead atoms. The van der Waals surface area contributed by atoms with Gasteiger partial charge in [0.1, 0.15) is 15.7 Å². The van der Waals surface area contributed by atoms with E-state index in [-0.39, 0.29) is 21.6 Å². The van der Waals surface area contributed by atoms with Crippen LogP contribution in [0.1, 0.15) is 16.2 Å². The molecule has 1 amide bonds. The second-order valence-corrected chi connectivity index (χ2v) is 8.05. The van der Waals surface area contributed by atoms with Gasteiger partial charge < -0.3 is 9.73 Å². The fourth-order valence-electron chi connectivity index (χ4n) is 1.68. The molecule has 7 nitrogen and oxygen atoms in total. The summed E-state index contributed by atoms with van der Waals surface area (Å²) in [5.74, 6) is 0.214. The highest BCUT2D eigenvalue weighted by Gasteiger charge is 2.18. The average molecular weight is 369 g/mol. The van der Waals surface area contributed by atoms with Gasteiger partial charge in [-0.2, -0.15) is 0 Å². The van der Waals surface area contributed by atoms with Gasteiger partial charge in [0.15, 0.2) is 5.13 Å². The van der Waals surface area contributed by atoms with E-state index in [2.05, 4.69) is 15.0 Å². The summed E-state index contributed by atoms with van der Waals surface area (Å²) in [6, 6.07) is 6.61. The maximum atomic E-state index is 12.1. The molecule has 2 N–H and O–H groups in total. The standard InChI is InChI=1S/C13H11N3O4S3/c17-12(14-7-9-3-1-5-20-9)10-8-22-13(15-10)16-23(18,19)11-4-2-6-21-11/h1-6,8H,7H2,(H,14,17)(H,15,16). The molecule has 3 aromatic heterocycles. The number of nitrogens with one attached hydrogen (secondary N) is 2. The second kappa shape index (κ2) is 6.52. The molecule has 23 heavy (non-hydrogen) atoms. The molecule has 0 spiro atoms. The molecule has 0 unspecified atom stereocenters. The smallest absolute Gasteiger partial charge is 0.273 e. The summed E-state index contributed by atoms with van der Waals surface area (Å²) in [5, 5.41) is 5.94. The zero-order valence-corrected chi connectivity index (χ0v) is 14.0. The van der Waals surface area contributed by atoms with E-state index in [4.69, 9.17) is 4.42 Å². The summed E-state index contributed by atoms with van der Waals surface area (Å²) in [6.45, 7) is 0.236. The second-order valence-electron chi connectivity index (χ2n) is 4.34. The zero-order chi connectivity index (χ0) is 16.3. The normalized spacial score (nSPS) is 11.3. The molecule has 0 aliphatic carbocycles. The summed E-state index contributed by atoms with van der Waals surface area (Å²) in [4.78, 5) is 16.0. The van der Waals surface area contributed by atoms with Gasteiger partial charge in [0.2, 0.25) is 0 Å². The number of thiazole rings is 1. The van der Waals surface area contributed by atoms with Crippen LogP contribution >= 0.6 is 22.7 Å². The number of amides is 1. The molecular weight excluding hydrogens is 358 g/mol. The van der Waals surface area contributed by atoms with Gasteiger partial charge in [0.05, 0.1) is 12.8 Å². The van der Waals surface area contributed by atoms with E-state index in [9.17, 15) is 13.2 Å². The van der Waals surface area contributed by atoms with Gasteiger partial charge in [0.25, 0.3) is 15.9 Å². The van der Waals surface area contributed by atoms with E-state index in [0.717, 1.165) is 22.7 Å². The molecule has 0 saturated heterocycles. The average Bonchev–Trinajstić information content (AvgIpc) is 3.25. The highest BCUT2D eigenvalue weighted by atomic mass is 32.2. The fraction of sp³-hybridized carbons (Fsp3) is 0.0769. The third kappa shape index (κ3) is 3.78. The lowest BCUT2D eigenvalue weighted by atomic mass is 10.4. The Labute approximate surface area is 140 Å². The van der Waals surface area contributed by atoms with Crippen LogP contribution in [0.25, 0.3) is 0 Å². The molecule has 0 aromatic carbocycles. The number of carbonyl (C=O) groups is 1. The minimum absolute atomic E-state index is 0.140. The molecule has 0 radical (unpaired) electrons. The number of hydrogen-bond acceptors (Lipinski definition) is 7. The molecule has 3 heterocycles. The Hall–Kier alpha value is -2.17. The first-order valence-electron chi connectivity index (χ1n) is 6.37. The number of furan rings is 1. The number of hydrogen-bond donors (Lipinski definition) is 2. The molecule has 0 aliphatic rings. The molecule has 0 aliphatic heterocycles. The van der Waals surface area contributed by atoms with Crippen molar-refractivity contribution in [3.8, 4) is 0 Å². The number of aromatic nitrogens is 1. The van der Waals surface area contributed by atoms with Crippen LogP contribution < -0.4 is 10.0 Å². The van der Waals surface area contributed by atoms with E-state index in [0.29, 0.717) is 5.76 Å². The first-order valence-corrected chi connectivity index (χ1v) is 9.61. The van der Waals surface area contributed by atoms with Crippen LogP contribution in [-0.4, -0.2) is 19.3 Å². The van der Waals surface area contributed by atoms with E-state index in [1.807, 2.05) is 0 Å². The van der Waals surface area contributed by atoms with Crippen molar-refractivity contribution >= 4 is 43.7 Å². The van der Waals surface area contributed by atoms with Crippen molar-refractivity contribution in [3.05, 3.63) is 52.7 Å². The van der Waals surface area contributed by atoms with Crippen molar-refractivity contribution in [1.82, 2.24) is 10.3 Å². The molecule has 0 fully saturated rings. The highest BCUT2D eigenvalue weighted by Crippen LogP contribution is 2.22. The van der Waals surface area contributed by atoms with Crippen LogP contribution in [0.2, 0.25) is 0 Å². The third-order valence-electron chi connectivity index (χ3n) is 2.72. The van der Waals surface area contributed by atoms with E-state index in [1.165, 1.54) is 17.7 Å². The number of carbonyl (C=O) groups excluding carboxylic acids is 1. The summed E-state index contributed by atoms with van der Waals surface area (Å²) < 4.78 is 31.8. The first-order chi connectivity index (χ1) is 11.0. The highest BCUT2D eigenvalue weighted by molar-refractivity contribution is 7.94. The van der Waals surface area contributed by atoms with Gasteiger partial charge in [-0.15, -0.1) is 22.7 Å². The van der Waals surface area contributed by atoms with E-state index >= 15 is 0 Å². The van der Waals surface area contributed by atoms with Crippen molar-refractivity contribution in [3.63, 3.8) is 0 Å².